The van der Waals surface area contributed by atoms with Crippen molar-refractivity contribution in [2.45, 2.75) is 33.5 Å². The summed E-state index contributed by atoms with van der Waals surface area (Å²) < 4.78 is 97.7. The lowest BCUT2D eigenvalue weighted by Gasteiger charge is -2.28. The molecule has 3 N–H and O–H groups in total. The molecule has 0 aliphatic heterocycles. The van der Waals surface area contributed by atoms with Gasteiger partial charge in [-0.1, -0.05) is 12.1 Å². The number of benzene rings is 2. The number of hydrogen-bond acceptors (Lipinski definition) is 9. The number of rotatable bonds is 11. The summed E-state index contributed by atoms with van der Waals surface area (Å²) in [6.45, 7) is 0.988. The maximum atomic E-state index is 13.8. The Balaban J connectivity index is 2.25. The van der Waals surface area contributed by atoms with Crippen molar-refractivity contribution in [2.24, 2.45) is 5.73 Å². The number of nitrogens with one attached hydrogen (secondary N) is 1. The number of thioether (sulfide) groups is 1. The minimum atomic E-state index is -5.29. The molecule has 1 heterocycles. The van der Waals surface area contributed by atoms with E-state index in [0.717, 1.165) is 29.4 Å². The summed E-state index contributed by atoms with van der Waals surface area (Å²) in [5, 5.41) is 7.69. The van der Waals surface area contributed by atoms with Crippen LogP contribution in [0.5, 0.6) is 5.75 Å². The van der Waals surface area contributed by atoms with Crippen molar-refractivity contribution >= 4 is 60.2 Å². The highest BCUT2D eigenvalue weighted by Gasteiger charge is 2.43. The first-order valence-corrected chi connectivity index (χ1v) is 17.6. The summed E-state index contributed by atoms with van der Waals surface area (Å²) in [6, 6.07) is 9.58. The van der Waals surface area contributed by atoms with Gasteiger partial charge in [0.2, 0.25) is 9.84 Å². The van der Waals surface area contributed by atoms with Crippen LogP contribution in [-0.2, 0) is 24.5 Å². The molecule has 0 saturated carbocycles. The number of ether oxygens (including phenoxy) is 1. The maximum absolute atomic E-state index is 13.8. The molecule has 0 unspecified atom stereocenters. The van der Waals surface area contributed by atoms with Crippen LogP contribution >= 0.6 is 23.1 Å². The van der Waals surface area contributed by atoms with E-state index in [2.05, 4.69) is 0 Å². The van der Waals surface area contributed by atoms with Gasteiger partial charge in [-0.25, -0.2) is 16.8 Å². The van der Waals surface area contributed by atoms with Gasteiger partial charge in [-0.05, 0) is 55.0 Å². The molecule has 42 heavy (non-hydrogen) atoms. The van der Waals surface area contributed by atoms with Crippen molar-refractivity contribution in [3.63, 3.8) is 0 Å². The summed E-state index contributed by atoms with van der Waals surface area (Å²) >= 11 is 2.21. The lowest BCUT2D eigenvalue weighted by Crippen LogP contribution is -2.42. The van der Waals surface area contributed by atoms with E-state index in [9.17, 15) is 34.8 Å². The Kier molecular flexibility index (Phi) is 10.1. The van der Waals surface area contributed by atoms with E-state index in [1.54, 1.807) is 13.2 Å². The summed E-state index contributed by atoms with van der Waals surface area (Å²) in [4.78, 5) is 13.1. The van der Waals surface area contributed by atoms with E-state index in [1.807, 2.05) is 0 Å². The van der Waals surface area contributed by atoms with Crippen LogP contribution in [0.15, 0.2) is 56.5 Å². The van der Waals surface area contributed by atoms with Crippen molar-refractivity contribution in [3.8, 4) is 16.9 Å². The van der Waals surface area contributed by atoms with Crippen LogP contribution in [0.25, 0.3) is 11.1 Å². The first kappa shape index (κ1) is 33.4. The minimum absolute atomic E-state index is 0.0660. The lowest BCUT2D eigenvalue weighted by molar-refractivity contribution is -0.170. The number of alkyl halides is 3. The molecule has 0 aliphatic rings. The number of sulfone groups is 2. The fourth-order valence-corrected chi connectivity index (χ4v) is 8.73. The summed E-state index contributed by atoms with van der Waals surface area (Å²) in [7, 11) is -6.41. The third kappa shape index (κ3) is 7.46. The first-order chi connectivity index (χ1) is 19.4. The Morgan fingerprint density at radius 1 is 1.14 bits per heavy atom. The highest BCUT2D eigenvalue weighted by Crippen LogP contribution is 2.42. The summed E-state index contributed by atoms with van der Waals surface area (Å²) in [6.07, 6.45) is -2.95. The molecule has 1 aromatic heterocycles. The van der Waals surface area contributed by atoms with Gasteiger partial charge < -0.3 is 15.4 Å². The SMILES string of the molecule is COc1cc(C)c(-c2cccc(S(=O)(=O)c3cc(C(=N)N)sc3SC)c2)c(N(CCCS(C)(=O)=O)C(=O)C(F)(F)F)c1. The molecule has 0 fully saturated rings. The van der Waals surface area contributed by atoms with E-state index in [0.29, 0.717) is 14.7 Å². The number of nitrogen functional groups attached to an aromatic ring is 1. The van der Waals surface area contributed by atoms with Crippen LogP contribution in [0.2, 0.25) is 0 Å². The molecule has 9 nitrogen and oxygen atoms in total. The molecule has 3 aromatic rings. The number of carbonyl (C=O) groups is 1. The molecule has 0 spiro atoms. The average molecular weight is 664 g/mol. The van der Waals surface area contributed by atoms with E-state index in [1.165, 1.54) is 49.6 Å². The van der Waals surface area contributed by atoms with Crippen molar-refractivity contribution in [1.29, 1.82) is 5.41 Å². The summed E-state index contributed by atoms with van der Waals surface area (Å²) in [5.74, 6) is -2.83. The zero-order valence-corrected chi connectivity index (χ0v) is 26.2. The largest absolute Gasteiger partial charge is 0.497 e. The van der Waals surface area contributed by atoms with Crippen LogP contribution in [0.4, 0.5) is 18.9 Å². The van der Waals surface area contributed by atoms with E-state index in [-0.39, 0.29) is 49.5 Å². The molecule has 16 heteroatoms. The molecule has 0 radical (unpaired) electrons. The van der Waals surface area contributed by atoms with Gasteiger partial charge in [0.25, 0.3) is 0 Å². The third-order valence-corrected chi connectivity index (χ3v) is 11.4. The molecule has 3 rings (SSSR count). The van der Waals surface area contributed by atoms with Crippen LogP contribution in [0, 0.1) is 12.3 Å². The number of amides is 1. The van der Waals surface area contributed by atoms with Crippen LogP contribution in [0.3, 0.4) is 0 Å². The number of halogens is 3. The number of nitrogens with two attached hydrogens (primary N) is 1. The smallest absolute Gasteiger partial charge is 0.471 e. The molecule has 0 bridgehead atoms. The van der Waals surface area contributed by atoms with Crippen molar-refractivity contribution in [3.05, 3.63) is 52.9 Å². The van der Waals surface area contributed by atoms with Gasteiger partial charge in [-0.15, -0.1) is 23.1 Å². The Morgan fingerprint density at radius 2 is 1.81 bits per heavy atom. The number of carbonyl (C=O) groups excluding carboxylic acids is 1. The van der Waals surface area contributed by atoms with E-state index >= 15 is 0 Å². The van der Waals surface area contributed by atoms with Crippen LogP contribution in [-0.4, -0.2) is 66.7 Å². The Hall–Kier alpha value is -3.08. The highest BCUT2D eigenvalue weighted by molar-refractivity contribution is 8.01. The topological polar surface area (TPSA) is 148 Å². The van der Waals surface area contributed by atoms with Crippen molar-refractivity contribution < 1.29 is 39.5 Å². The average Bonchev–Trinajstić information content (AvgIpc) is 3.35. The van der Waals surface area contributed by atoms with Crippen molar-refractivity contribution in [2.75, 3.05) is 36.8 Å². The second-order valence-corrected chi connectivity index (χ2v) is 15.5. The number of thiophene rings is 1. The molecule has 0 atom stereocenters. The van der Waals surface area contributed by atoms with Crippen LogP contribution < -0.4 is 15.4 Å². The zero-order chi connectivity index (χ0) is 31.6. The zero-order valence-electron chi connectivity index (χ0n) is 22.9. The van der Waals surface area contributed by atoms with Gasteiger partial charge in [-0.3, -0.25) is 10.2 Å². The van der Waals surface area contributed by atoms with Gasteiger partial charge in [0.1, 0.15) is 21.4 Å². The number of aryl methyl sites for hydroxylation is 1. The Morgan fingerprint density at radius 3 is 2.36 bits per heavy atom. The second-order valence-electron chi connectivity index (χ2n) is 9.19. The third-order valence-electron chi connectivity index (χ3n) is 6.04. The number of nitrogens with zero attached hydrogens (tertiary/aromatic N) is 1. The molecule has 228 valence electrons. The molecule has 0 saturated heterocycles. The normalized spacial score (nSPS) is 12.3. The van der Waals surface area contributed by atoms with Crippen LogP contribution in [0.1, 0.15) is 16.9 Å². The van der Waals surface area contributed by atoms with Gasteiger partial charge in [0.15, 0.2) is 0 Å². The molecular formula is C26H28F3N3O6S4. The first-order valence-electron chi connectivity index (χ1n) is 12.0. The number of hydrogen-bond donors (Lipinski definition) is 2. The van der Waals surface area contributed by atoms with Gasteiger partial charge in [0, 0.05) is 24.4 Å². The van der Waals surface area contributed by atoms with E-state index < -0.39 is 44.1 Å². The fraction of sp³-hybridized carbons (Fsp3) is 0.308. The predicted octanol–water partition coefficient (Wildman–Crippen LogP) is 4.90. The summed E-state index contributed by atoms with van der Waals surface area (Å²) in [5.41, 5.74) is 6.04. The monoisotopic (exact) mass is 663 g/mol. The maximum Gasteiger partial charge on any atom is 0.471 e. The molecule has 1 amide bonds. The highest BCUT2D eigenvalue weighted by atomic mass is 32.2. The Labute approximate surface area is 250 Å². The van der Waals surface area contributed by atoms with Gasteiger partial charge in [0.05, 0.1) is 37.4 Å². The quantitative estimate of drug-likeness (QED) is 0.167. The number of methoxy groups -OCH3 is 1. The molecular weight excluding hydrogens is 636 g/mol. The lowest BCUT2D eigenvalue weighted by atomic mass is 9.97. The standard InChI is InChI=1S/C26H28F3N3O6S4/c1-15-11-17(38-2)13-19(32(25(33)26(27,28)29)9-6-10-41(4,34)35)22(15)16-7-5-8-18(12-16)42(36,37)21-14-20(23(30)31)40-24(21)39-3/h5,7-8,11-14H,6,9-10H2,1-4H3,(H3,30,31). The number of anilines is 1. The number of amidine groups is 1. The van der Waals surface area contributed by atoms with Crippen molar-refractivity contribution in [1.82, 2.24) is 0 Å². The molecule has 0 aliphatic carbocycles. The Bertz CT molecular complexity index is 1740. The minimum Gasteiger partial charge on any atom is -0.497 e. The molecule has 2 aromatic carbocycles. The fourth-order valence-electron chi connectivity index (χ4n) is 4.18. The van der Waals surface area contributed by atoms with Gasteiger partial charge in [-0.2, -0.15) is 13.2 Å². The van der Waals surface area contributed by atoms with E-state index in [4.69, 9.17) is 15.9 Å². The second kappa shape index (κ2) is 12.7. The van der Waals surface area contributed by atoms with Gasteiger partial charge >= 0.3 is 12.1 Å². The predicted molar refractivity (Wildman–Crippen MR) is 158 cm³/mol.